The van der Waals surface area contributed by atoms with Gasteiger partial charge in [-0.05, 0) is 41.7 Å². The van der Waals surface area contributed by atoms with E-state index in [4.69, 9.17) is 5.73 Å². The summed E-state index contributed by atoms with van der Waals surface area (Å²) in [5.74, 6) is -0.298. The Hall–Kier alpha value is -2.44. The van der Waals surface area contributed by atoms with Gasteiger partial charge in [-0.3, -0.25) is 0 Å². The maximum Gasteiger partial charge on any atom is 0.320 e. The fourth-order valence-electron chi connectivity index (χ4n) is 4.15. The van der Waals surface area contributed by atoms with Crippen molar-refractivity contribution in [3.8, 4) is 0 Å². The summed E-state index contributed by atoms with van der Waals surface area (Å²) in [5.41, 5.74) is 7.81. The topological polar surface area (TPSA) is 69.8 Å². The zero-order valence-corrected chi connectivity index (χ0v) is 15.1. The summed E-state index contributed by atoms with van der Waals surface area (Å²) in [6, 6.07) is 14.0. The molecule has 0 saturated carbocycles. The third-order valence-electron chi connectivity index (χ3n) is 5.70. The minimum Gasteiger partial charge on any atom is -0.387 e. The standard InChI is InChI=1S/C21H24FN3O2/c22-17-7-5-16(6-8-17)19-18-4-2-1-3-15(18)9-11-25(19)20(26)24-12-10-21(27,13-23)14-24/h1-8,19,27H,9-14,23H2/t19-,21-/m0/s1. The molecule has 3 N–H and O–H groups in total. The van der Waals surface area contributed by atoms with Gasteiger partial charge in [0.15, 0.2) is 0 Å². The number of benzene rings is 2. The molecule has 0 aromatic heterocycles. The number of aliphatic hydroxyl groups is 1. The first-order chi connectivity index (χ1) is 13.0. The highest BCUT2D eigenvalue weighted by atomic mass is 19.1. The SMILES string of the molecule is NC[C@@]1(O)CCN(C(=O)N2CCc3ccccc3[C@@H]2c2ccc(F)cc2)C1. The molecular formula is C21H24FN3O2. The van der Waals surface area contributed by atoms with Gasteiger partial charge in [-0.15, -0.1) is 0 Å². The van der Waals surface area contributed by atoms with E-state index in [0.29, 0.717) is 19.5 Å². The molecule has 2 aliphatic heterocycles. The second-order valence-electron chi connectivity index (χ2n) is 7.48. The van der Waals surface area contributed by atoms with Crippen LogP contribution in [0.5, 0.6) is 0 Å². The lowest BCUT2D eigenvalue weighted by Crippen LogP contribution is -2.49. The number of halogens is 1. The van der Waals surface area contributed by atoms with Crippen LogP contribution in [0.15, 0.2) is 48.5 Å². The average Bonchev–Trinajstić information content (AvgIpc) is 3.10. The Bertz CT molecular complexity index is 842. The van der Waals surface area contributed by atoms with Crippen molar-refractivity contribution in [1.82, 2.24) is 9.80 Å². The molecular weight excluding hydrogens is 345 g/mol. The van der Waals surface area contributed by atoms with Crippen molar-refractivity contribution in [3.05, 3.63) is 71.0 Å². The second-order valence-corrected chi connectivity index (χ2v) is 7.48. The Labute approximate surface area is 158 Å². The molecule has 0 aliphatic carbocycles. The van der Waals surface area contributed by atoms with Gasteiger partial charge in [-0.1, -0.05) is 36.4 Å². The Balaban J connectivity index is 1.69. The number of carbonyl (C=O) groups is 1. The smallest absolute Gasteiger partial charge is 0.320 e. The van der Waals surface area contributed by atoms with Crippen molar-refractivity contribution >= 4 is 6.03 Å². The van der Waals surface area contributed by atoms with E-state index in [-0.39, 0.29) is 31.0 Å². The molecule has 0 unspecified atom stereocenters. The molecule has 2 amide bonds. The first kappa shape index (κ1) is 17.9. The van der Waals surface area contributed by atoms with Crippen LogP contribution in [-0.2, 0) is 6.42 Å². The fraction of sp³-hybridized carbons (Fsp3) is 0.381. The minimum atomic E-state index is -1.01. The number of β-amino-alcohol motifs (C(OH)–C–C–N with tert-alkyl or cyclic N) is 1. The molecule has 2 aromatic rings. The van der Waals surface area contributed by atoms with Gasteiger partial charge < -0.3 is 20.6 Å². The van der Waals surface area contributed by atoms with Crippen LogP contribution in [0.4, 0.5) is 9.18 Å². The van der Waals surface area contributed by atoms with Gasteiger partial charge in [0, 0.05) is 19.6 Å². The molecule has 2 aromatic carbocycles. The molecule has 5 nitrogen and oxygen atoms in total. The van der Waals surface area contributed by atoms with Crippen molar-refractivity contribution < 1.29 is 14.3 Å². The fourth-order valence-corrected chi connectivity index (χ4v) is 4.15. The molecule has 2 atom stereocenters. The van der Waals surface area contributed by atoms with E-state index in [1.165, 1.54) is 17.7 Å². The van der Waals surface area contributed by atoms with Gasteiger partial charge in [0.1, 0.15) is 5.82 Å². The summed E-state index contributed by atoms with van der Waals surface area (Å²) in [4.78, 5) is 16.8. The van der Waals surface area contributed by atoms with Crippen LogP contribution < -0.4 is 5.73 Å². The Morgan fingerprint density at radius 2 is 1.93 bits per heavy atom. The molecule has 27 heavy (non-hydrogen) atoms. The predicted molar refractivity (Wildman–Crippen MR) is 101 cm³/mol. The summed E-state index contributed by atoms with van der Waals surface area (Å²) in [5, 5.41) is 10.4. The number of carbonyl (C=O) groups excluding carboxylic acids is 1. The highest BCUT2D eigenvalue weighted by Gasteiger charge is 2.41. The maximum absolute atomic E-state index is 13.4. The van der Waals surface area contributed by atoms with Crippen molar-refractivity contribution in [1.29, 1.82) is 0 Å². The van der Waals surface area contributed by atoms with Gasteiger partial charge in [0.05, 0.1) is 18.2 Å². The van der Waals surface area contributed by atoms with Crippen LogP contribution in [0.25, 0.3) is 0 Å². The third-order valence-corrected chi connectivity index (χ3v) is 5.70. The van der Waals surface area contributed by atoms with Crippen LogP contribution >= 0.6 is 0 Å². The normalized spacial score (nSPS) is 24.8. The number of hydrogen-bond donors (Lipinski definition) is 2. The molecule has 0 radical (unpaired) electrons. The van der Waals surface area contributed by atoms with Gasteiger partial charge in [0.2, 0.25) is 0 Å². The summed E-state index contributed by atoms with van der Waals surface area (Å²) < 4.78 is 13.4. The van der Waals surface area contributed by atoms with Crippen molar-refractivity contribution in [2.24, 2.45) is 5.73 Å². The maximum atomic E-state index is 13.4. The van der Waals surface area contributed by atoms with Crippen LogP contribution in [0.2, 0.25) is 0 Å². The summed E-state index contributed by atoms with van der Waals surface area (Å²) in [6.45, 7) is 1.45. The lowest BCUT2D eigenvalue weighted by molar-refractivity contribution is 0.0575. The first-order valence-corrected chi connectivity index (χ1v) is 9.32. The number of likely N-dealkylation sites (tertiary alicyclic amines) is 1. The van der Waals surface area contributed by atoms with E-state index in [9.17, 15) is 14.3 Å². The van der Waals surface area contributed by atoms with Crippen molar-refractivity contribution in [3.63, 3.8) is 0 Å². The molecule has 142 valence electrons. The second kappa shape index (κ2) is 6.94. The van der Waals surface area contributed by atoms with Gasteiger partial charge in [-0.2, -0.15) is 0 Å². The molecule has 2 aliphatic rings. The molecule has 2 heterocycles. The van der Waals surface area contributed by atoms with Crippen LogP contribution in [0.3, 0.4) is 0 Å². The highest BCUT2D eigenvalue weighted by molar-refractivity contribution is 5.76. The summed E-state index contributed by atoms with van der Waals surface area (Å²) >= 11 is 0. The van der Waals surface area contributed by atoms with Crippen LogP contribution in [0.1, 0.15) is 29.2 Å². The average molecular weight is 369 g/mol. The Kier molecular flexibility index (Phi) is 4.61. The number of fused-ring (bicyclic) bond motifs is 1. The van der Waals surface area contributed by atoms with E-state index in [0.717, 1.165) is 17.5 Å². The summed E-state index contributed by atoms with van der Waals surface area (Å²) in [7, 11) is 0. The zero-order chi connectivity index (χ0) is 19.0. The van der Waals surface area contributed by atoms with E-state index in [2.05, 4.69) is 6.07 Å². The highest BCUT2D eigenvalue weighted by Crippen LogP contribution is 2.36. The summed E-state index contributed by atoms with van der Waals surface area (Å²) in [6.07, 6.45) is 1.26. The zero-order valence-electron chi connectivity index (χ0n) is 15.1. The first-order valence-electron chi connectivity index (χ1n) is 9.32. The number of nitrogens with zero attached hydrogens (tertiary/aromatic N) is 2. The molecule has 4 rings (SSSR count). The number of hydrogen-bond acceptors (Lipinski definition) is 3. The number of nitrogens with two attached hydrogens (primary N) is 1. The molecule has 0 spiro atoms. The molecule has 1 fully saturated rings. The molecule has 0 bridgehead atoms. The van der Waals surface area contributed by atoms with E-state index >= 15 is 0 Å². The van der Waals surface area contributed by atoms with E-state index in [1.807, 2.05) is 23.1 Å². The van der Waals surface area contributed by atoms with Crippen LogP contribution in [0, 0.1) is 5.82 Å². The minimum absolute atomic E-state index is 0.108. The van der Waals surface area contributed by atoms with Crippen molar-refractivity contribution in [2.45, 2.75) is 24.5 Å². The van der Waals surface area contributed by atoms with Crippen molar-refractivity contribution in [2.75, 3.05) is 26.2 Å². The number of urea groups is 1. The lowest BCUT2D eigenvalue weighted by atomic mass is 9.88. The largest absolute Gasteiger partial charge is 0.387 e. The van der Waals surface area contributed by atoms with E-state index < -0.39 is 5.60 Å². The Morgan fingerprint density at radius 1 is 1.19 bits per heavy atom. The van der Waals surface area contributed by atoms with Crippen LogP contribution in [-0.4, -0.2) is 52.7 Å². The predicted octanol–water partition coefficient (Wildman–Crippen LogP) is 2.29. The third kappa shape index (κ3) is 3.31. The monoisotopic (exact) mass is 369 g/mol. The molecule has 6 heteroatoms. The molecule has 1 saturated heterocycles. The van der Waals surface area contributed by atoms with E-state index in [1.54, 1.807) is 17.0 Å². The Morgan fingerprint density at radius 3 is 2.63 bits per heavy atom. The quantitative estimate of drug-likeness (QED) is 0.853. The lowest BCUT2D eigenvalue weighted by Gasteiger charge is -2.40. The van der Waals surface area contributed by atoms with Gasteiger partial charge >= 0.3 is 6.03 Å². The number of amides is 2. The number of rotatable bonds is 2. The van der Waals surface area contributed by atoms with Gasteiger partial charge in [-0.25, -0.2) is 9.18 Å². The van der Waals surface area contributed by atoms with Gasteiger partial charge in [0.25, 0.3) is 0 Å².